The van der Waals surface area contributed by atoms with Crippen LogP contribution in [0, 0.1) is 6.92 Å². The van der Waals surface area contributed by atoms with Crippen molar-refractivity contribution in [3.8, 4) is 0 Å². The molecule has 0 aliphatic rings. The van der Waals surface area contributed by atoms with E-state index in [1.165, 1.54) is 18.3 Å². The van der Waals surface area contributed by atoms with Crippen molar-refractivity contribution in [2.45, 2.75) is 13.8 Å². The summed E-state index contributed by atoms with van der Waals surface area (Å²) in [6, 6.07) is 7.65. The average molecular weight is 306 g/mol. The lowest BCUT2D eigenvalue weighted by Crippen LogP contribution is -2.42. The topological polar surface area (TPSA) is 84.5 Å². The number of aryl methyl sites for hydroxylation is 1. The number of amides is 2. The minimum atomic E-state index is -0.600. The third-order valence-corrected chi connectivity index (χ3v) is 3.99. The van der Waals surface area contributed by atoms with Crippen molar-refractivity contribution < 1.29 is 19.1 Å². The van der Waals surface area contributed by atoms with Crippen LogP contribution in [0.2, 0.25) is 0 Å². The van der Waals surface area contributed by atoms with E-state index < -0.39 is 24.4 Å². The van der Waals surface area contributed by atoms with Gasteiger partial charge in [0.25, 0.3) is 5.91 Å². The smallest absolute Gasteiger partial charge is 0.349 e. The number of nitrogens with one attached hydrogen (secondary N) is 2. The van der Waals surface area contributed by atoms with Crippen LogP contribution in [-0.2, 0) is 14.3 Å². The molecule has 0 saturated carbocycles. The van der Waals surface area contributed by atoms with E-state index >= 15 is 0 Å². The molecule has 1 aromatic heterocycles. The SMILES string of the molecule is CC(=O)NNC(=O)COC(=O)c1sc2ccccc2c1C. The molecule has 0 fully saturated rings. The molecule has 7 heteroatoms. The van der Waals surface area contributed by atoms with Gasteiger partial charge in [-0.25, -0.2) is 4.79 Å². The van der Waals surface area contributed by atoms with Gasteiger partial charge in [0, 0.05) is 11.6 Å². The standard InChI is InChI=1S/C14H14N2O4S/c1-8-10-5-3-4-6-11(10)21-13(8)14(19)20-7-12(18)16-15-9(2)17/h3-6H,7H2,1-2H3,(H,15,17)(H,16,18). The number of ether oxygens (including phenoxy) is 1. The molecule has 0 radical (unpaired) electrons. The molecular weight excluding hydrogens is 292 g/mol. The Morgan fingerprint density at radius 3 is 2.57 bits per heavy atom. The normalized spacial score (nSPS) is 10.2. The summed E-state index contributed by atoms with van der Waals surface area (Å²) in [6.45, 7) is 2.65. The summed E-state index contributed by atoms with van der Waals surface area (Å²) in [7, 11) is 0. The van der Waals surface area contributed by atoms with Crippen molar-refractivity contribution in [1.82, 2.24) is 10.9 Å². The summed E-state index contributed by atoms with van der Waals surface area (Å²) in [5.74, 6) is -1.56. The second-order valence-electron chi connectivity index (χ2n) is 4.36. The van der Waals surface area contributed by atoms with E-state index in [0.29, 0.717) is 4.88 Å². The molecule has 6 nitrogen and oxygen atoms in total. The number of hydrogen-bond donors (Lipinski definition) is 2. The molecule has 0 atom stereocenters. The van der Waals surface area contributed by atoms with Gasteiger partial charge in [0.2, 0.25) is 5.91 Å². The van der Waals surface area contributed by atoms with Crippen molar-refractivity contribution >= 4 is 39.2 Å². The highest BCUT2D eigenvalue weighted by Gasteiger charge is 2.17. The summed E-state index contributed by atoms with van der Waals surface area (Å²) in [6.07, 6.45) is 0. The second-order valence-corrected chi connectivity index (χ2v) is 5.41. The summed E-state index contributed by atoms with van der Waals surface area (Å²) in [5, 5.41) is 0.997. The van der Waals surface area contributed by atoms with Crippen molar-refractivity contribution in [2.24, 2.45) is 0 Å². The maximum Gasteiger partial charge on any atom is 0.349 e. The summed E-state index contributed by atoms with van der Waals surface area (Å²) >= 11 is 1.33. The lowest BCUT2D eigenvalue weighted by Gasteiger charge is -2.06. The molecule has 0 saturated heterocycles. The zero-order valence-corrected chi connectivity index (χ0v) is 12.4. The van der Waals surface area contributed by atoms with Crippen LogP contribution >= 0.6 is 11.3 Å². The van der Waals surface area contributed by atoms with Crippen LogP contribution in [0.3, 0.4) is 0 Å². The van der Waals surface area contributed by atoms with Gasteiger partial charge >= 0.3 is 5.97 Å². The first-order chi connectivity index (χ1) is 9.99. The molecular formula is C14H14N2O4S. The molecule has 2 amide bonds. The van der Waals surface area contributed by atoms with E-state index in [0.717, 1.165) is 15.6 Å². The van der Waals surface area contributed by atoms with Gasteiger partial charge in [-0.05, 0) is 23.9 Å². The van der Waals surface area contributed by atoms with Crippen LogP contribution in [0.15, 0.2) is 24.3 Å². The monoisotopic (exact) mass is 306 g/mol. The van der Waals surface area contributed by atoms with E-state index in [1.807, 2.05) is 31.2 Å². The molecule has 2 aromatic rings. The second kappa shape index (κ2) is 6.36. The fraction of sp³-hybridized carbons (Fsp3) is 0.214. The maximum atomic E-state index is 12.0. The minimum absolute atomic E-state index is 0.407. The molecule has 2 N–H and O–H groups in total. The van der Waals surface area contributed by atoms with Crippen LogP contribution in [0.25, 0.3) is 10.1 Å². The van der Waals surface area contributed by atoms with E-state index in [-0.39, 0.29) is 0 Å². The van der Waals surface area contributed by atoms with Gasteiger partial charge in [-0.1, -0.05) is 18.2 Å². The molecule has 0 bridgehead atoms. The van der Waals surface area contributed by atoms with E-state index in [9.17, 15) is 14.4 Å². The summed E-state index contributed by atoms with van der Waals surface area (Å²) in [5.41, 5.74) is 5.07. The van der Waals surface area contributed by atoms with Gasteiger partial charge in [-0.15, -0.1) is 11.3 Å². The number of carbonyl (C=O) groups is 3. The number of hydrazine groups is 1. The Balaban J connectivity index is 2.01. The minimum Gasteiger partial charge on any atom is -0.451 e. The third-order valence-electron chi connectivity index (χ3n) is 2.74. The van der Waals surface area contributed by atoms with Gasteiger partial charge in [0.1, 0.15) is 4.88 Å². The van der Waals surface area contributed by atoms with Gasteiger partial charge in [-0.3, -0.25) is 20.4 Å². The van der Waals surface area contributed by atoms with Crippen molar-refractivity contribution in [3.63, 3.8) is 0 Å². The summed E-state index contributed by atoms with van der Waals surface area (Å²) in [4.78, 5) is 34.4. The van der Waals surface area contributed by atoms with Crippen LogP contribution in [0.5, 0.6) is 0 Å². The number of rotatable bonds is 3. The first-order valence-electron chi connectivity index (χ1n) is 6.19. The predicted octanol–water partition coefficient (Wildman–Crippen LogP) is 1.53. The lowest BCUT2D eigenvalue weighted by atomic mass is 10.1. The van der Waals surface area contributed by atoms with Gasteiger partial charge in [-0.2, -0.15) is 0 Å². The maximum absolute atomic E-state index is 12.0. The predicted molar refractivity (Wildman–Crippen MR) is 78.8 cm³/mol. The highest BCUT2D eigenvalue weighted by molar-refractivity contribution is 7.21. The Morgan fingerprint density at radius 2 is 1.90 bits per heavy atom. The van der Waals surface area contributed by atoms with Crippen molar-refractivity contribution in [3.05, 3.63) is 34.7 Å². The van der Waals surface area contributed by atoms with E-state index in [1.54, 1.807) is 0 Å². The molecule has 1 heterocycles. The number of benzene rings is 1. The van der Waals surface area contributed by atoms with Crippen LogP contribution in [0.1, 0.15) is 22.2 Å². The largest absolute Gasteiger partial charge is 0.451 e. The molecule has 0 spiro atoms. The number of hydrogen-bond acceptors (Lipinski definition) is 5. The number of fused-ring (bicyclic) bond motifs is 1. The van der Waals surface area contributed by atoms with Crippen LogP contribution < -0.4 is 10.9 Å². The first-order valence-corrected chi connectivity index (χ1v) is 7.01. The van der Waals surface area contributed by atoms with Gasteiger partial charge in [0.15, 0.2) is 6.61 Å². The molecule has 110 valence electrons. The lowest BCUT2D eigenvalue weighted by molar-refractivity contribution is -0.129. The fourth-order valence-corrected chi connectivity index (χ4v) is 2.86. The van der Waals surface area contributed by atoms with Crippen molar-refractivity contribution in [1.29, 1.82) is 0 Å². The number of carbonyl (C=O) groups excluding carboxylic acids is 3. The summed E-state index contributed by atoms with van der Waals surface area (Å²) < 4.78 is 5.93. The molecule has 2 rings (SSSR count). The molecule has 0 aliphatic heterocycles. The Kier molecular flexibility index (Phi) is 4.54. The fourth-order valence-electron chi connectivity index (χ4n) is 1.76. The zero-order valence-electron chi connectivity index (χ0n) is 11.6. The Labute approximate surface area is 125 Å². The Hall–Kier alpha value is -2.41. The molecule has 0 unspecified atom stereocenters. The zero-order chi connectivity index (χ0) is 15.4. The average Bonchev–Trinajstić information content (AvgIpc) is 2.80. The Bertz CT molecular complexity index is 708. The number of thiophene rings is 1. The van der Waals surface area contributed by atoms with Gasteiger partial charge in [0.05, 0.1) is 0 Å². The van der Waals surface area contributed by atoms with Crippen LogP contribution in [-0.4, -0.2) is 24.4 Å². The molecule has 1 aromatic carbocycles. The first kappa shape index (κ1) is 15.0. The quantitative estimate of drug-likeness (QED) is 0.665. The number of esters is 1. The Morgan fingerprint density at radius 1 is 1.19 bits per heavy atom. The van der Waals surface area contributed by atoms with Crippen molar-refractivity contribution in [2.75, 3.05) is 6.61 Å². The van der Waals surface area contributed by atoms with E-state index in [2.05, 4.69) is 10.9 Å². The highest BCUT2D eigenvalue weighted by atomic mass is 32.1. The van der Waals surface area contributed by atoms with E-state index in [4.69, 9.17) is 4.74 Å². The van der Waals surface area contributed by atoms with Crippen LogP contribution in [0.4, 0.5) is 0 Å². The highest BCUT2D eigenvalue weighted by Crippen LogP contribution is 2.30. The van der Waals surface area contributed by atoms with Gasteiger partial charge < -0.3 is 4.74 Å². The molecule has 21 heavy (non-hydrogen) atoms. The third kappa shape index (κ3) is 3.57. The molecule has 0 aliphatic carbocycles.